The Labute approximate surface area is 194 Å². The lowest BCUT2D eigenvalue weighted by molar-refractivity contribution is 0.0919. The summed E-state index contributed by atoms with van der Waals surface area (Å²) in [7, 11) is 0. The van der Waals surface area contributed by atoms with Crippen LogP contribution >= 0.6 is 0 Å². The van der Waals surface area contributed by atoms with Gasteiger partial charge in [-0.3, -0.25) is 9.59 Å². The quantitative estimate of drug-likeness (QED) is 0.482. The van der Waals surface area contributed by atoms with E-state index in [2.05, 4.69) is 10.4 Å². The molecule has 3 rings (SSSR count). The van der Waals surface area contributed by atoms with E-state index >= 15 is 0 Å². The molecule has 0 unspecified atom stereocenters. The number of benzene rings is 2. The van der Waals surface area contributed by atoms with Crippen LogP contribution in [0.1, 0.15) is 63.1 Å². The molecule has 0 aliphatic rings. The zero-order chi connectivity index (χ0) is 24.0. The van der Waals surface area contributed by atoms with Gasteiger partial charge in [0, 0.05) is 11.9 Å². The summed E-state index contributed by atoms with van der Waals surface area (Å²) in [5.41, 5.74) is 0.981. The van der Waals surface area contributed by atoms with Crippen molar-refractivity contribution in [2.75, 3.05) is 13.2 Å². The fraction of sp³-hybridized carbons (Fsp3) is 0.423. The SMILES string of the molecule is CCCn1nc(C(=O)N[C@@H](c2ccc(OCC)c(OCC)c2)C(C)C)c2ccccc2c1=O. The van der Waals surface area contributed by atoms with Crippen LogP contribution in [0.2, 0.25) is 0 Å². The Morgan fingerprint density at radius 1 is 1.00 bits per heavy atom. The van der Waals surface area contributed by atoms with E-state index in [9.17, 15) is 9.59 Å². The molecule has 176 valence electrons. The number of aryl methyl sites for hydroxylation is 1. The number of hydrogen-bond donors (Lipinski definition) is 1. The standard InChI is InChI=1S/C26H33N3O4/c1-6-15-29-26(31)20-12-10-9-11-19(20)24(28-29)25(30)27-23(17(4)5)18-13-14-21(32-7-2)22(16-18)33-8-3/h9-14,16-17,23H,6-8,15H2,1-5H3,(H,27,30)/t23-/m1/s1. The molecule has 0 saturated carbocycles. The molecule has 0 aliphatic heterocycles. The summed E-state index contributed by atoms with van der Waals surface area (Å²) < 4.78 is 12.8. The molecular formula is C26H33N3O4. The van der Waals surface area contributed by atoms with E-state index in [1.165, 1.54) is 4.68 Å². The van der Waals surface area contributed by atoms with Crippen molar-refractivity contribution in [1.29, 1.82) is 0 Å². The summed E-state index contributed by atoms with van der Waals surface area (Å²) in [6.07, 6.45) is 0.743. The van der Waals surface area contributed by atoms with Crippen LogP contribution in [0.4, 0.5) is 0 Å². The predicted molar refractivity (Wildman–Crippen MR) is 130 cm³/mol. The Balaban J connectivity index is 2.01. The third-order valence-electron chi connectivity index (χ3n) is 5.40. The summed E-state index contributed by atoms with van der Waals surface area (Å²) >= 11 is 0. The smallest absolute Gasteiger partial charge is 0.274 e. The van der Waals surface area contributed by atoms with Gasteiger partial charge >= 0.3 is 0 Å². The number of ether oxygens (including phenoxy) is 2. The maximum absolute atomic E-state index is 13.4. The van der Waals surface area contributed by atoms with Crippen LogP contribution in [0.15, 0.2) is 47.3 Å². The molecule has 1 amide bonds. The van der Waals surface area contributed by atoms with E-state index in [-0.39, 0.29) is 29.1 Å². The van der Waals surface area contributed by atoms with Crippen molar-refractivity contribution in [3.63, 3.8) is 0 Å². The third kappa shape index (κ3) is 5.35. The van der Waals surface area contributed by atoms with Crippen molar-refractivity contribution >= 4 is 16.7 Å². The molecule has 1 heterocycles. The molecule has 1 N–H and O–H groups in total. The van der Waals surface area contributed by atoms with Crippen LogP contribution < -0.4 is 20.3 Å². The molecule has 1 aromatic heterocycles. The van der Waals surface area contributed by atoms with Gasteiger partial charge in [0.05, 0.1) is 24.6 Å². The Hall–Kier alpha value is -3.35. The second-order valence-corrected chi connectivity index (χ2v) is 8.19. The molecule has 3 aromatic rings. The zero-order valence-corrected chi connectivity index (χ0v) is 20.1. The van der Waals surface area contributed by atoms with Gasteiger partial charge in [0.25, 0.3) is 11.5 Å². The molecular weight excluding hydrogens is 418 g/mol. The number of carbonyl (C=O) groups excluding carboxylic acids is 1. The highest BCUT2D eigenvalue weighted by Gasteiger charge is 2.24. The van der Waals surface area contributed by atoms with E-state index in [1.54, 1.807) is 18.2 Å². The normalized spacial score (nSPS) is 12.1. The molecule has 7 nitrogen and oxygen atoms in total. The van der Waals surface area contributed by atoms with Gasteiger partial charge in [-0.05, 0) is 49.9 Å². The Bertz CT molecular complexity index is 1170. The van der Waals surface area contributed by atoms with Gasteiger partial charge in [0.1, 0.15) is 0 Å². The summed E-state index contributed by atoms with van der Waals surface area (Å²) in [5.74, 6) is 1.11. The van der Waals surface area contributed by atoms with Gasteiger partial charge in [-0.1, -0.05) is 45.0 Å². The van der Waals surface area contributed by atoms with Crippen LogP contribution in [0, 0.1) is 5.92 Å². The molecule has 1 atom stereocenters. The number of nitrogens with one attached hydrogen (secondary N) is 1. The molecule has 2 aromatic carbocycles. The highest BCUT2D eigenvalue weighted by molar-refractivity contribution is 6.04. The minimum Gasteiger partial charge on any atom is -0.490 e. The van der Waals surface area contributed by atoms with E-state index in [0.29, 0.717) is 42.0 Å². The summed E-state index contributed by atoms with van der Waals surface area (Å²) in [4.78, 5) is 26.2. The molecule has 7 heteroatoms. The lowest BCUT2D eigenvalue weighted by Gasteiger charge is -2.24. The van der Waals surface area contributed by atoms with E-state index in [1.807, 2.05) is 58.9 Å². The monoisotopic (exact) mass is 451 g/mol. The van der Waals surface area contributed by atoms with Crippen molar-refractivity contribution in [2.24, 2.45) is 5.92 Å². The van der Waals surface area contributed by atoms with Gasteiger partial charge in [0.2, 0.25) is 0 Å². The molecule has 0 aliphatic carbocycles. The number of aromatic nitrogens is 2. The molecule has 0 bridgehead atoms. The summed E-state index contributed by atoms with van der Waals surface area (Å²) in [5, 5.41) is 8.61. The van der Waals surface area contributed by atoms with Crippen LogP contribution in [-0.4, -0.2) is 28.9 Å². The van der Waals surface area contributed by atoms with E-state index in [0.717, 1.165) is 12.0 Å². The van der Waals surface area contributed by atoms with Crippen molar-refractivity contribution in [3.8, 4) is 11.5 Å². The van der Waals surface area contributed by atoms with Gasteiger partial charge in [-0.25, -0.2) is 4.68 Å². The average Bonchev–Trinajstić information content (AvgIpc) is 2.80. The van der Waals surface area contributed by atoms with Crippen LogP contribution in [0.5, 0.6) is 11.5 Å². The lowest BCUT2D eigenvalue weighted by atomic mass is 9.95. The van der Waals surface area contributed by atoms with Gasteiger partial charge < -0.3 is 14.8 Å². The summed E-state index contributed by atoms with van der Waals surface area (Å²) in [6.45, 7) is 11.4. The lowest BCUT2D eigenvalue weighted by Crippen LogP contribution is -2.35. The summed E-state index contributed by atoms with van der Waals surface area (Å²) in [6, 6.07) is 12.6. The Kier molecular flexibility index (Phi) is 8.09. The van der Waals surface area contributed by atoms with Gasteiger partial charge in [-0.15, -0.1) is 0 Å². The highest BCUT2D eigenvalue weighted by atomic mass is 16.5. The average molecular weight is 452 g/mol. The molecule has 33 heavy (non-hydrogen) atoms. The van der Waals surface area contributed by atoms with Crippen molar-refractivity contribution in [2.45, 2.75) is 53.6 Å². The van der Waals surface area contributed by atoms with Crippen molar-refractivity contribution < 1.29 is 14.3 Å². The molecule has 0 fully saturated rings. The van der Waals surface area contributed by atoms with Crippen LogP contribution in [0.3, 0.4) is 0 Å². The third-order valence-corrected chi connectivity index (χ3v) is 5.40. The van der Waals surface area contributed by atoms with E-state index in [4.69, 9.17) is 9.47 Å². The molecule has 0 radical (unpaired) electrons. The van der Waals surface area contributed by atoms with Crippen LogP contribution in [-0.2, 0) is 6.54 Å². The number of amides is 1. The Morgan fingerprint density at radius 2 is 1.67 bits per heavy atom. The first-order valence-electron chi connectivity index (χ1n) is 11.6. The fourth-order valence-corrected chi connectivity index (χ4v) is 3.87. The number of hydrogen-bond acceptors (Lipinski definition) is 5. The van der Waals surface area contributed by atoms with Crippen molar-refractivity contribution in [1.82, 2.24) is 15.1 Å². The van der Waals surface area contributed by atoms with Gasteiger partial charge in [0.15, 0.2) is 17.2 Å². The molecule has 0 spiro atoms. The van der Waals surface area contributed by atoms with E-state index < -0.39 is 0 Å². The van der Waals surface area contributed by atoms with Gasteiger partial charge in [-0.2, -0.15) is 5.10 Å². The minimum atomic E-state index is -0.318. The first-order chi connectivity index (χ1) is 15.9. The zero-order valence-electron chi connectivity index (χ0n) is 20.1. The molecule has 0 saturated heterocycles. The first kappa shape index (κ1) is 24.3. The highest BCUT2D eigenvalue weighted by Crippen LogP contribution is 2.33. The number of nitrogens with zero attached hydrogens (tertiary/aromatic N) is 2. The maximum atomic E-state index is 13.4. The van der Waals surface area contributed by atoms with Crippen LogP contribution in [0.25, 0.3) is 10.8 Å². The fourth-order valence-electron chi connectivity index (χ4n) is 3.87. The predicted octanol–water partition coefficient (Wildman–Crippen LogP) is 4.73. The number of rotatable bonds is 10. The van der Waals surface area contributed by atoms with Crippen molar-refractivity contribution in [3.05, 3.63) is 64.1 Å². The largest absolute Gasteiger partial charge is 0.490 e. The number of carbonyl (C=O) groups is 1. The second-order valence-electron chi connectivity index (χ2n) is 8.19. The topological polar surface area (TPSA) is 82.5 Å². The Morgan fingerprint density at radius 3 is 2.30 bits per heavy atom. The maximum Gasteiger partial charge on any atom is 0.274 e. The minimum absolute atomic E-state index is 0.106. The number of fused-ring (bicyclic) bond motifs is 1. The second kappa shape index (κ2) is 11.0. The first-order valence-corrected chi connectivity index (χ1v) is 11.6.